The number of nitrogens with one attached hydrogen (secondary N) is 1. The lowest BCUT2D eigenvalue weighted by molar-refractivity contribution is 0.0649. The normalized spacial score (nSPS) is 23.1. The summed E-state index contributed by atoms with van der Waals surface area (Å²) in [5.41, 5.74) is 4.44. The van der Waals surface area contributed by atoms with Crippen LogP contribution in [0.25, 0.3) is 11.3 Å². The molecule has 1 spiro atoms. The highest BCUT2D eigenvalue weighted by Crippen LogP contribution is 2.59. The van der Waals surface area contributed by atoms with E-state index in [1.54, 1.807) is 0 Å². The molecule has 226 valence electrons. The number of anilines is 2. The quantitative estimate of drug-likeness (QED) is 0.432. The van der Waals surface area contributed by atoms with Crippen LogP contribution in [0.1, 0.15) is 47.2 Å². The van der Waals surface area contributed by atoms with Crippen LogP contribution in [0.3, 0.4) is 0 Å². The molecule has 5 aliphatic rings. The lowest BCUT2D eigenvalue weighted by Gasteiger charge is -2.34. The standard InChI is InChI=1S/C31H35N5O6S/c1-34-16-21-13-20(34)17-36(21)30(37)18-11-25(40-2)28(26(12-18)41-3)43(38,39)33-29-23-15-31(7-8-31)24-6-5-19(35-9-4-10-35)14-22(24)27(23)42-32-29/h5-6,11-12,14,20-21H,4,7-10,13,15-17H2,1-3H3,(H,32,33)/t20-,21-/m0/s1. The molecule has 2 aliphatic carbocycles. The van der Waals surface area contributed by atoms with Crippen molar-refractivity contribution in [3.8, 4) is 22.8 Å². The number of benzene rings is 2. The van der Waals surface area contributed by atoms with Gasteiger partial charge in [0.2, 0.25) is 0 Å². The fourth-order valence-corrected chi connectivity index (χ4v) is 8.81. The van der Waals surface area contributed by atoms with Crippen molar-refractivity contribution in [3.63, 3.8) is 0 Å². The van der Waals surface area contributed by atoms with E-state index in [9.17, 15) is 13.2 Å². The molecule has 1 N–H and O–H groups in total. The Balaban J connectivity index is 1.13. The summed E-state index contributed by atoms with van der Waals surface area (Å²) in [6.45, 7) is 3.54. The number of ether oxygens (including phenoxy) is 2. The Kier molecular flexibility index (Phi) is 5.84. The van der Waals surface area contributed by atoms with Gasteiger partial charge >= 0.3 is 0 Å². The van der Waals surface area contributed by atoms with Crippen molar-refractivity contribution in [1.29, 1.82) is 0 Å². The Bertz CT molecular complexity index is 1730. The van der Waals surface area contributed by atoms with Gasteiger partial charge in [0.05, 0.1) is 14.2 Å². The maximum Gasteiger partial charge on any atom is 0.270 e. The molecule has 0 radical (unpaired) electrons. The van der Waals surface area contributed by atoms with Crippen LogP contribution in [0, 0.1) is 0 Å². The van der Waals surface area contributed by atoms with Crippen LogP contribution in [-0.2, 0) is 21.9 Å². The van der Waals surface area contributed by atoms with Gasteiger partial charge in [-0.3, -0.25) is 14.4 Å². The molecule has 1 saturated carbocycles. The Morgan fingerprint density at radius 2 is 1.81 bits per heavy atom. The van der Waals surface area contributed by atoms with Gasteiger partial charge in [0, 0.05) is 66.1 Å². The van der Waals surface area contributed by atoms with Crippen LogP contribution in [0.5, 0.6) is 11.5 Å². The highest BCUT2D eigenvalue weighted by Gasteiger charge is 2.51. The molecule has 11 nitrogen and oxygen atoms in total. The minimum atomic E-state index is -4.25. The summed E-state index contributed by atoms with van der Waals surface area (Å²) >= 11 is 0. The molecule has 2 bridgehead atoms. The van der Waals surface area contributed by atoms with E-state index < -0.39 is 10.0 Å². The number of carbonyl (C=O) groups excluding carboxylic acids is 1. The van der Waals surface area contributed by atoms with Crippen LogP contribution < -0.4 is 19.1 Å². The Morgan fingerprint density at radius 3 is 2.40 bits per heavy atom. The molecule has 43 heavy (non-hydrogen) atoms. The summed E-state index contributed by atoms with van der Waals surface area (Å²) in [5.74, 6) is 0.668. The lowest BCUT2D eigenvalue weighted by atomic mass is 9.79. The zero-order valence-corrected chi connectivity index (χ0v) is 25.4. The number of carbonyl (C=O) groups is 1. The third kappa shape index (κ3) is 4.06. The van der Waals surface area contributed by atoms with E-state index in [-0.39, 0.29) is 39.6 Å². The second kappa shape index (κ2) is 9.36. The average molecular weight is 606 g/mol. The molecule has 1 amide bonds. The van der Waals surface area contributed by atoms with Gasteiger partial charge < -0.3 is 23.8 Å². The van der Waals surface area contributed by atoms with E-state index in [1.807, 2.05) is 4.90 Å². The molecule has 12 heteroatoms. The van der Waals surface area contributed by atoms with E-state index in [0.29, 0.717) is 30.3 Å². The van der Waals surface area contributed by atoms with Crippen LogP contribution >= 0.6 is 0 Å². The first-order chi connectivity index (χ1) is 20.7. The summed E-state index contributed by atoms with van der Waals surface area (Å²) in [6.07, 6.45) is 4.84. The highest BCUT2D eigenvalue weighted by molar-refractivity contribution is 7.93. The first kappa shape index (κ1) is 26.8. The molecular weight excluding hydrogens is 570 g/mol. The summed E-state index contributed by atoms with van der Waals surface area (Å²) in [6, 6.07) is 10.0. The van der Waals surface area contributed by atoms with Gasteiger partial charge in [0.1, 0.15) is 11.5 Å². The van der Waals surface area contributed by atoms with Crippen LogP contribution in [0.4, 0.5) is 11.5 Å². The maximum absolute atomic E-state index is 14.0. The summed E-state index contributed by atoms with van der Waals surface area (Å²) in [4.78, 5) is 19.8. The lowest BCUT2D eigenvalue weighted by Crippen LogP contribution is -2.47. The van der Waals surface area contributed by atoms with Gasteiger partial charge in [-0.2, -0.15) is 0 Å². The molecule has 2 atom stereocenters. The number of likely N-dealkylation sites (tertiary alicyclic amines) is 2. The minimum Gasteiger partial charge on any atom is -0.495 e. The van der Waals surface area contributed by atoms with Crippen molar-refractivity contribution >= 4 is 27.4 Å². The zero-order chi connectivity index (χ0) is 29.7. The SMILES string of the molecule is COc1cc(C(=O)N2C[C@@H]3C[C@H]2CN3C)cc(OC)c1S(=O)(=O)Nc1noc2c1CC1(CC1)c1ccc(N3CCC3)cc1-2. The van der Waals surface area contributed by atoms with Gasteiger partial charge in [-0.25, -0.2) is 8.42 Å². The zero-order valence-electron chi connectivity index (χ0n) is 24.6. The third-order valence-corrected chi connectivity index (χ3v) is 11.6. The first-order valence-electron chi connectivity index (χ1n) is 14.9. The molecule has 8 rings (SSSR count). The number of hydrogen-bond donors (Lipinski definition) is 1. The van der Waals surface area contributed by atoms with Crippen molar-refractivity contribution < 1.29 is 27.2 Å². The summed E-state index contributed by atoms with van der Waals surface area (Å²) < 4.78 is 47.6. The number of hydrogen-bond acceptors (Lipinski definition) is 9. The van der Waals surface area contributed by atoms with Crippen LogP contribution in [0.2, 0.25) is 0 Å². The number of piperazine rings is 1. The molecule has 4 heterocycles. The predicted molar refractivity (Wildman–Crippen MR) is 160 cm³/mol. The summed E-state index contributed by atoms with van der Waals surface area (Å²) in [7, 11) is 0.593. The third-order valence-electron chi connectivity index (χ3n) is 10.2. The van der Waals surface area contributed by atoms with Crippen LogP contribution in [0.15, 0.2) is 39.8 Å². The number of aromatic nitrogens is 1. The van der Waals surface area contributed by atoms with Crippen molar-refractivity contribution in [3.05, 3.63) is 47.0 Å². The van der Waals surface area contributed by atoms with E-state index >= 15 is 0 Å². The number of nitrogens with zero attached hydrogens (tertiary/aromatic N) is 4. The fraction of sp³-hybridized carbons (Fsp3) is 0.484. The van der Waals surface area contributed by atoms with Gasteiger partial charge in [0.25, 0.3) is 15.9 Å². The van der Waals surface area contributed by atoms with Gasteiger partial charge in [-0.1, -0.05) is 11.2 Å². The minimum absolute atomic E-state index is 0.0250. The number of amides is 1. The number of likely N-dealkylation sites (N-methyl/N-ethyl adjacent to an activating group) is 1. The molecule has 1 aromatic heterocycles. The predicted octanol–water partition coefficient (Wildman–Crippen LogP) is 3.49. The van der Waals surface area contributed by atoms with Gasteiger partial charge in [-0.15, -0.1) is 0 Å². The van der Waals surface area contributed by atoms with E-state index in [1.165, 1.54) is 38.3 Å². The molecule has 4 fully saturated rings. The van der Waals surface area contributed by atoms with Gasteiger partial charge in [-0.05, 0) is 69.0 Å². The molecular formula is C31H35N5O6S. The second-order valence-electron chi connectivity index (χ2n) is 12.6. The molecule has 2 aromatic carbocycles. The van der Waals surface area contributed by atoms with Crippen molar-refractivity contribution in [2.75, 3.05) is 57.1 Å². The number of methoxy groups -OCH3 is 2. The molecule has 3 aromatic rings. The van der Waals surface area contributed by atoms with E-state index in [4.69, 9.17) is 14.0 Å². The highest BCUT2D eigenvalue weighted by atomic mass is 32.2. The smallest absolute Gasteiger partial charge is 0.270 e. The maximum atomic E-state index is 14.0. The van der Waals surface area contributed by atoms with Crippen molar-refractivity contribution in [2.24, 2.45) is 0 Å². The Hall–Kier alpha value is -3.77. The number of sulfonamides is 1. The molecule has 0 unspecified atom stereocenters. The van der Waals surface area contributed by atoms with E-state index in [2.05, 4.69) is 44.9 Å². The van der Waals surface area contributed by atoms with Gasteiger partial charge in [0.15, 0.2) is 16.5 Å². The average Bonchev–Trinajstić information content (AvgIpc) is 3.25. The van der Waals surface area contributed by atoms with Crippen molar-refractivity contribution in [1.82, 2.24) is 15.0 Å². The first-order valence-corrected chi connectivity index (χ1v) is 16.4. The summed E-state index contributed by atoms with van der Waals surface area (Å²) in [5, 5.41) is 4.22. The second-order valence-corrected chi connectivity index (χ2v) is 14.2. The van der Waals surface area contributed by atoms with Crippen LogP contribution in [-0.4, -0.2) is 88.8 Å². The number of fused-ring (bicyclic) bond motifs is 6. The Morgan fingerprint density at radius 1 is 1.07 bits per heavy atom. The Labute approximate surface area is 250 Å². The number of rotatable bonds is 7. The topological polar surface area (TPSA) is 117 Å². The van der Waals surface area contributed by atoms with E-state index in [0.717, 1.165) is 55.7 Å². The monoisotopic (exact) mass is 605 g/mol. The van der Waals surface area contributed by atoms with Crippen molar-refractivity contribution in [2.45, 2.75) is 54.5 Å². The molecule has 3 aliphatic heterocycles. The molecule has 3 saturated heterocycles. The fourth-order valence-electron chi connectivity index (χ4n) is 7.48. The largest absolute Gasteiger partial charge is 0.495 e.